The highest BCUT2D eigenvalue weighted by atomic mass is 16.4. The lowest BCUT2D eigenvalue weighted by molar-refractivity contribution is -0.138. The van der Waals surface area contributed by atoms with E-state index in [4.69, 9.17) is 5.11 Å². The Morgan fingerprint density at radius 1 is 1.00 bits per heavy atom. The Kier molecular flexibility index (Phi) is 4.84. The zero-order valence-corrected chi connectivity index (χ0v) is 15.3. The van der Waals surface area contributed by atoms with E-state index in [0.717, 1.165) is 38.0 Å². The van der Waals surface area contributed by atoms with E-state index in [1.165, 1.54) is 11.1 Å². The minimum Gasteiger partial charge on any atom is -0.481 e. The zero-order chi connectivity index (χ0) is 18.8. The van der Waals surface area contributed by atoms with Gasteiger partial charge in [-0.15, -0.1) is 0 Å². The molecule has 2 heterocycles. The van der Waals surface area contributed by atoms with Gasteiger partial charge in [-0.2, -0.15) is 0 Å². The first kappa shape index (κ1) is 17.6. The number of piperidine rings is 1. The van der Waals surface area contributed by atoms with Crippen molar-refractivity contribution in [2.75, 3.05) is 11.4 Å². The number of carbonyl (C=O) groups excluding carboxylic acids is 1. The second-order valence-electron chi connectivity index (χ2n) is 7.42. The van der Waals surface area contributed by atoms with Crippen LogP contribution < -0.4 is 4.90 Å². The van der Waals surface area contributed by atoms with Crippen molar-refractivity contribution in [1.29, 1.82) is 0 Å². The van der Waals surface area contributed by atoms with E-state index in [-0.39, 0.29) is 18.4 Å². The van der Waals surface area contributed by atoms with Crippen LogP contribution in [0.2, 0.25) is 0 Å². The van der Waals surface area contributed by atoms with Crippen molar-refractivity contribution in [3.8, 4) is 0 Å². The molecule has 0 radical (unpaired) electrons. The van der Waals surface area contributed by atoms with Crippen LogP contribution in [0.4, 0.5) is 5.69 Å². The van der Waals surface area contributed by atoms with Crippen molar-refractivity contribution in [1.82, 2.24) is 4.90 Å². The van der Waals surface area contributed by atoms with Crippen LogP contribution in [0.3, 0.4) is 0 Å². The second kappa shape index (κ2) is 7.43. The van der Waals surface area contributed by atoms with Gasteiger partial charge in [-0.05, 0) is 48.6 Å². The first-order valence-electron chi connectivity index (χ1n) is 9.56. The molecule has 1 saturated heterocycles. The van der Waals surface area contributed by atoms with Crippen molar-refractivity contribution in [2.45, 2.75) is 44.8 Å². The van der Waals surface area contributed by atoms with Gasteiger partial charge >= 0.3 is 5.97 Å². The summed E-state index contributed by atoms with van der Waals surface area (Å²) in [5.74, 6) is -0.900. The normalized spacial score (nSPS) is 19.0. The molecule has 2 aromatic rings. The molecule has 1 N–H and O–H groups in total. The maximum Gasteiger partial charge on any atom is 0.305 e. The van der Waals surface area contributed by atoms with Crippen LogP contribution in [0.1, 0.15) is 47.2 Å². The second-order valence-corrected chi connectivity index (χ2v) is 7.42. The van der Waals surface area contributed by atoms with Gasteiger partial charge in [0.25, 0.3) is 5.91 Å². The summed E-state index contributed by atoms with van der Waals surface area (Å²) in [6.07, 6.45) is 2.70. The topological polar surface area (TPSA) is 60.9 Å². The lowest BCUT2D eigenvalue weighted by Crippen LogP contribution is -2.44. The minimum atomic E-state index is -0.844. The SMILES string of the molecule is O=C(O)CC1CCCCN1C(=O)c1cccc(N2Cc3ccccc3C2)c1. The molecule has 140 valence electrons. The number of anilines is 1. The fourth-order valence-corrected chi connectivity index (χ4v) is 4.20. The average molecular weight is 364 g/mol. The molecule has 0 spiro atoms. The molecule has 2 aliphatic rings. The minimum absolute atomic E-state index is 0.0207. The molecule has 1 unspecified atom stereocenters. The van der Waals surface area contributed by atoms with E-state index in [1.54, 1.807) is 4.90 Å². The summed E-state index contributed by atoms with van der Waals surface area (Å²) in [5, 5.41) is 9.16. The molecule has 5 nitrogen and oxygen atoms in total. The number of benzene rings is 2. The molecule has 5 heteroatoms. The largest absolute Gasteiger partial charge is 0.481 e. The number of hydrogen-bond acceptors (Lipinski definition) is 3. The molecule has 0 bridgehead atoms. The lowest BCUT2D eigenvalue weighted by atomic mass is 9.98. The number of amides is 1. The number of rotatable bonds is 4. The van der Waals surface area contributed by atoms with Crippen molar-refractivity contribution >= 4 is 17.6 Å². The van der Waals surface area contributed by atoms with E-state index in [2.05, 4.69) is 29.2 Å². The summed E-state index contributed by atoms with van der Waals surface area (Å²) in [5.41, 5.74) is 4.32. The van der Waals surface area contributed by atoms with Gasteiger partial charge in [0, 0.05) is 36.9 Å². The smallest absolute Gasteiger partial charge is 0.305 e. The molecule has 1 fully saturated rings. The van der Waals surface area contributed by atoms with Crippen molar-refractivity contribution in [3.63, 3.8) is 0 Å². The van der Waals surface area contributed by atoms with Crippen LogP contribution in [0, 0.1) is 0 Å². The first-order chi connectivity index (χ1) is 13.1. The van der Waals surface area contributed by atoms with E-state index in [1.807, 2.05) is 24.3 Å². The number of carbonyl (C=O) groups is 2. The number of carboxylic acid groups (broad SMARTS) is 1. The summed E-state index contributed by atoms with van der Waals surface area (Å²) < 4.78 is 0. The fraction of sp³-hybridized carbons (Fsp3) is 0.364. The summed E-state index contributed by atoms with van der Waals surface area (Å²) in [4.78, 5) is 28.3. The predicted octanol–water partition coefficient (Wildman–Crippen LogP) is 3.68. The molecule has 4 rings (SSSR count). The van der Waals surface area contributed by atoms with Crippen LogP contribution in [0.5, 0.6) is 0 Å². The Labute approximate surface area is 159 Å². The molecule has 0 aromatic heterocycles. The molecule has 0 saturated carbocycles. The highest BCUT2D eigenvalue weighted by Crippen LogP contribution is 2.29. The third-order valence-corrected chi connectivity index (χ3v) is 5.60. The fourth-order valence-electron chi connectivity index (χ4n) is 4.20. The molecule has 2 aromatic carbocycles. The van der Waals surface area contributed by atoms with Gasteiger partial charge in [-0.1, -0.05) is 30.3 Å². The Bertz CT molecular complexity index is 839. The van der Waals surface area contributed by atoms with Crippen LogP contribution in [-0.2, 0) is 17.9 Å². The van der Waals surface area contributed by atoms with Crippen molar-refractivity contribution in [2.24, 2.45) is 0 Å². The van der Waals surface area contributed by atoms with Gasteiger partial charge in [0.1, 0.15) is 0 Å². The Morgan fingerprint density at radius 2 is 1.74 bits per heavy atom. The number of fused-ring (bicyclic) bond motifs is 1. The maximum atomic E-state index is 13.1. The van der Waals surface area contributed by atoms with Gasteiger partial charge in [0.2, 0.25) is 0 Å². The summed E-state index contributed by atoms with van der Waals surface area (Å²) >= 11 is 0. The highest BCUT2D eigenvalue weighted by molar-refractivity contribution is 5.95. The molecule has 1 atom stereocenters. The predicted molar refractivity (Wildman–Crippen MR) is 104 cm³/mol. The van der Waals surface area contributed by atoms with E-state index < -0.39 is 5.97 Å². The third kappa shape index (κ3) is 3.68. The van der Waals surface area contributed by atoms with Gasteiger partial charge in [0.15, 0.2) is 0 Å². The molecule has 0 aliphatic carbocycles. The number of likely N-dealkylation sites (tertiary alicyclic amines) is 1. The van der Waals surface area contributed by atoms with E-state index in [0.29, 0.717) is 12.1 Å². The Hall–Kier alpha value is -2.82. The average Bonchev–Trinajstić information content (AvgIpc) is 3.12. The van der Waals surface area contributed by atoms with Crippen LogP contribution in [0.15, 0.2) is 48.5 Å². The molecular formula is C22H24N2O3. The number of hydrogen-bond donors (Lipinski definition) is 1. The highest BCUT2D eigenvalue weighted by Gasteiger charge is 2.29. The summed E-state index contributed by atoms with van der Waals surface area (Å²) in [6.45, 7) is 2.33. The standard InChI is InChI=1S/C22H24N2O3/c25-21(26)13-20-9-3-4-11-24(20)22(27)16-8-5-10-19(12-16)23-14-17-6-1-2-7-18(17)15-23/h1-2,5-8,10,12,20H,3-4,9,11,13-15H2,(H,25,26). The summed E-state index contributed by atoms with van der Waals surface area (Å²) in [7, 11) is 0. The number of aliphatic carboxylic acids is 1. The quantitative estimate of drug-likeness (QED) is 0.899. The zero-order valence-electron chi connectivity index (χ0n) is 15.3. The molecular weight excluding hydrogens is 340 g/mol. The van der Waals surface area contributed by atoms with Crippen LogP contribution >= 0.6 is 0 Å². The van der Waals surface area contributed by atoms with Gasteiger partial charge in [0.05, 0.1) is 6.42 Å². The third-order valence-electron chi connectivity index (χ3n) is 5.60. The summed E-state index contributed by atoms with van der Waals surface area (Å²) in [6, 6.07) is 15.9. The lowest BCUT2D eigenvalue weighted by Gasteiger charge is -2.35. The van der Waals surface area contributed by atoms with Crippen LogP contribution in [0.25, 0.3) is 0 Å². The Balaban J connectivity index is 1.53. The monoisotopic (exact) mass is 364 g/mol. The number of nitrogens with zero attached hydrogens (tertiary/aromatic N) is 2. The van der Waals surface area contributed by atoms with Gasteiger partial charge in [-0.25, -0.2) is 0 Å². The van der Waals surface area contributed by atoms with E-state index >= 15 is 0 Å². The first-order valence-corrected chi connectivity index (χ1v) is 9.56. The van der Waals surface area contributed by atoms with E-state index in [9.17, 15) is 9.59 Å². The molecule has 27 heavy (non-hydrogen) atoms. The Morgan fingerprint density at radius 3 is 2.44 bits per heavy atom. The molecule has 2 aliphatic heterocycles. The van der Waals surface area contributed by atoms with Gasteiger partial charge in [-0.3, -0.25) is 9.59 Å². The van der Waals surface area contributed by atoms with Crippen molar-refractivity contribution < 1.29 is 14.7 Å². The van der Waals surface area contributed by atoms with Gasteiger partial charge < -0.3 is 14.9 Å². The van der Waals surface area contributed by atoms with Crippen LogP contribution in [-0.4, -0.2) is 34.5 Å². The number of carboxylic acids is 1. The maximum absolute atomic E-state index is 13.1. The molecule has 1 amide bonds. The van der Waals surface area contributed by atoms with Crippen molar-refractivity contribution in [3.05, 3.63) is 65.2 Å².